The SMILES string of the molecule is C[C@@H](N)C(=O)ONc1ccn([C@@H]2O[C@H](COC(=O)c3ccccc3)C3OC(=O)C(=O)OC32)c(=O)n1. The summed E-state index contributed by atoms with van der Waals surface area (Å²) < 4.78 is 22.3. The highest BCUT2D eigenvalue weighted by atomic mass is 16.7. The van der Waals surface area contributed by atoms with Gasteiger partial charge in [-0.1, -0.05) is 18.2 Å². The fourth-order valence-corrected chi connectivity index (χ4v) is 3.35. The fourth-order valence-electron chi connectivity index (χ4n) is 3.35. The summed E-state index contributed by atoms with van der Waals surface area (Å²) in [4.78, 5) is 68.4. The first kappa shape index (κ1) is 23.8. The molecule has 3 N–H and O–H groups in total. The van der Waals surface area contributed by atoms with E-state index in [1.54, 1.807) is 30.3 Å². The van der Waals surface area contributed by atoms with Crippen LogP contribution < -0.4 is 16.9 Å². The number of carbonyl (C=O) groups is 4. The molecule has 2 aromatic rings. The molecule has 2 unspecified atom stereocenters. The van der Waals surface area contributed by atoms with Crippen LogP contribution >= 0.6 is 0 Å². The molecule has 14 heteroatoms. The lowest BCUT2D eigenvalue weighted by Crippen LogP contribution is -2.48. The Kier molecular flexibility index (Phi) is 6.75. The van der Waals surface area contributed by atoms with Crippen LogP contribution in [-0.4, -0.2) is 64.4 Å². The number of nitrogens with two attached hydrogens (primary N) is 1. The van der Waals surface area contributed by atoms with E-state index < -0.39 is 60.1 Å². The van der Waals surface area contributed by atoms with Gasteiger partial charge in [-0.15, -0.1) is 0 Å². The van der Waals surface area contributed by atoms with Crippen molar-refractivity contribution < 1.29 is 43.0 Å². The van der Waals surface area contributed by atoms with Crippen LogP contribution in [0.5, 0.6) is 0 Å². The van der Waals surface area contributed by atoms with E-state index >= 15 is 0 Å². The Morgan fingerprint density at radius 2 is 1.80 bits per heavy atom. The quantitative estimate of drug-likeness (QED) is 0.210. The number of esters is 3. The first-order valence-electron chi connectivity index (χ1n) is 10.4. The number of nitrogens with zero attached hydrogens (tertiary/aromatic N) is 2. The van der Waals surface area contributed by atoms with Crippen molar-refractivity contribution in [3.05, 3.63) is 58.6 Å². The predicted octanol–water partition coefficient (Wildman–Crippen LogP) is -0.948. The number of anilines is 1. The van der Waals surface area contributed by atoms with Crippen LogP contribution in [0.25, 0.3) is 0 Å². The lowest BCUT2D eigenvalue weighted by Gasteiger charge is -2.28. The van der Waals surface area contributed by atoms with Crippen molar-refractivity contribution in [3.63, 3.8) is 0 Å². The molecule has 35 heavy (non-hydrogen) atoms. The van der Waals surface area contributed by atoms with Gasteiger partial charge in [-0.05, 0) is 19.1 Å². The van der Waals surface area contributed by atoms with Crippen LogP contribution in [-0.2, 0) is 38.2 Å². The maximum Gasteiger partial charge on any atom is 0.418 e. The van der Waals surface area contributed by atoms with Crippen LogP contribution in [0.4, 0.5) is 5.82 Å². The van der Waals surface area contributed by atoms with Crippen molar-refractivity contribution in [1.82, 2.24) is 9.55 Å². The largest absolute Gasteiger partial charge is 0.459 e. The number of fused-ring (bicyclic) bond motifs is 1. The molecule has 2 aliphatic rings. The maximum absolute atomic E-state index is 12.6. The molecule has 2 aliphatic heterocycles. The van der Waals surface area contributed by atoms with Crippen molar-refractivity contribution >= 4 is 29.7 Å². The molecule has 184 valence electrons. The molecule has 4 rings (SSSR count). The lowest BCUT2D eigenvalue weighted by molar-refractivity contribution is -0.195. The zero-order valence-electron chi connectivity index (χ0n) is 18.2. The summed E-state index contributed by atoms with van der Waals surface area (Å²) >= 11 is 0. The Hall–Kier alpha value is -4.30. The standard InChI is InChI=1S/C21H20N4O10/c1-10(22)17(26)35-24-13-7-8-25(21(30)23-13)16-15-14(33-19(28)20(29)34-15)12(32-16)9-31-18(27)11-5-3-2-4-6-11/h2-8,10,12,14-16H,9,22H2,1H3,(H,23,24,30)/t10-,12-,14?,15?,16-/m1/s1. The van der Waals surface area contributed by atoms with Crippen molar-refractivity contribution in [3.8, 4) is 0 Å². The molecular formula is C21H20N4O10. The van der Waals surface area contributed by atoms with Gasteiger partial charge < -0.3 is 29.5 Å². The van der Waals surface area contributed by atoms with Gasteiger partial charge in [-0.2, -0.15) is 4.98 Å². The Bertz CT molecular complexity index is 1200. The van der Waals surface area contributed by atoms with Gasteiger partial charge in [-0.3, -0.25) is 4.57 Å². The second kappa shape index (κ2) is 9.90. The van der Waals surface area contributed by atoms with E-state index in [0.29, 0.717) is 5.56 Å². The number of hydrogen-bond donors (Lipinski definition) is 2. The van der Waals surface area contributed by atoms with Gasteiger partial charge in [0.25, 0.3) is 0 Å². The minimum Gasteiger partial charge on any atom is -0.459 e. The summed E-state index contributed by atoms with van der Waals surface area (Å²) in [5.74, 6) is -4.03. The molecule has 5 atom stereocenters. The van der Waals surface area contributed by atoms with Crippen LogP contribution in [0.2, 0.25) is 0 Å². The molecule has 14 nitrogen and oxygen atoms in total. The summed E-state index contributed by atoms with van der Waals surface area (Å²) in [7, 11) is 0. The summed E-state index contributed by atoms with van der Waals surface area (Å²) in [6.45, 7) is 1.06. The van der Waals surface area contributed by atoms with Crippen LogP contribution in [0.3, 0.4) is 0 Å². The normalized spacial score (nSPS) is 23.9. The highest BCUT2D eigenvalue weighted by Gasteiger charge is 2.55. The molecule has 0 amide bonds. The second-order valence-electron chi connectivity index (χ2n) is 7.58. The van der Waals surface area contributed by atoms with Crippen molar-refractivity contribution in [2.75, 3.05) is 12.1 Å². The number of aromatic nitrogens is 2. The fraction of sp³-hybridized carbons (Fsp3) is 0.333. The second-order valence-corrected chi connectivity index (χ2v) is 7.58. The van der Waals surface area contributed by atoms with E-state index in [-0.39, 0.29) is 12.4 Å². The number of hydrogen-bond acceptors (Lipinski definition) is 13. The Balaban J connectivity index is 1.50. The van der Waals surface area contributed by atoms with Crippen molar-refractivity contribution in [2.45, 2.75) is 37.5 Å². The maximum atomic E-state index is 12.6. The van der Waals surface area contributed by atoms with E-state index in [0.717, 1.165) is 4.57 Å². The molecule has 0 bridgehead atoms. The Morgan fingerprint density at radius 3 is 2.46 bits per heavy atom. The summed E-state index contributed by atoms with van der Waals surface area (Å²) in [5, 5.41) is 0. The van der Waals surface area contributed by atoms with Gasteiger partial charge in [0.15, 0.2) is 24.3 Å². The third kappa shape index (κ3) is 5.12. The number of carbonyl (C=O) groups excluding carboxylic acids is 4. The van der Waals surface area contributed by atoms with Crippen LogP contribution in [0.1, 0.15) is 23.5 Å². The van der Waals surface area contributed by atoms with Crippen LogP contribution in [0, 0.1) is 0 Å². The molecule has 2 saturated heterocycles. The summed E-state index contributed by atoms with van der Waals surface area (Å²) in [6.07, 6.45) is -3.42. The average Bonchev–Trinajstić information content (AvgIpc) is 3.18. The first-order chi connectivity index (χ1) is 16.7. The number of benzene rings is 1. The molecule has 0 spiro atoms. The van der Waals surface area contributed by atoms with Gasteiger partial charge in [0.2, 0.25) is 0 Å². The van der Waals surface area contributed by atoms with E-state index in [9.17, 15) is 24.0 Å². The molecule has 0 saturated carbocycles. The molecule has 2 fully saturated rings. The van der Waals surface area contributed by atoms with Crippen molar-refractivity contribution in [1.29, 1.82) is 0 Å². The molecule has 3 heterocycles. The monoisotopic (exact) mass is 488 g/mol. The van der Waals surface area contributed by atoms with E-state index in [1.165, 1.54) is 19.2 Å². The highest BCUT2D eigenvalue weighted by Crippen LogP contribution is 2.35. The van der Waals surface area contributed by atoms with Gasteiger partial charge in [0, 0.05) is 12.3 Å². The Morgan fingerprint density at radius 1 is 1.11 bits per heavy atom. The van der Waals surface area contributed by atoms with Gasteiger partial charge >= 0.3 is 29.6 Å². The molecule has 0 radical (unpaired) electrons. The molecule has 1 aromatic carbocycles. The predicted molar refractivity (Wildman–Crippen MR) is 112 cm³/mol. The minimum atomic E-state index is -1.26. The minimum absolute atomic E-state index is 0.102. The van der Waals surface area contributed by atoms with Crippen LogP contribution in [0.15, 0.2) is 47.4 Å². The Labute approximate surface area is 196 Å². The third-order valence-electron chi connectivity index (χ3n) is 5.06. The zero-order valence-corrected chi connectivity index (χ0v) is 18.2. The topological polar surface area (TPSA) is 187 Å². The van der Waals surface area contributed by atoms with E-state index in [4.69, 9.17) is 29.5 Å². The van der Waals surface area contributed by atoms with E-state index in [2.05, 4.69) is 10.5 Å². The summed E-state index contributed by atoms with van der Waals surface area (Å²) in [5.41, 5.74) is 7.01. The van der Waals surface area contributed by atoms with E-state index in [1.807, 2.05) is 0 Å². The smallest absolute Gasteiger partial charge is 0.418 e. The molecule has 1 aromatic heterocycles. The first-order valence-corrected chi connectivity index (χ1v) is 10.4. The zero-order chi connectivity index (χ0) is 25.1. The highest BCUT2D eigenvalue weighted by molar-refractivity contribution is 6.30. The van der Waals surface area contributed by atoms with Crippen molar-refractivity contribution in [2.24, 2.45) is 5.73 Å². The number of ether oxygens (including phenoxy) is 4. The molecular weight excluding hydrogens is 468 g/mol. The van der Waals surface area contributed by atoms with Gasteiger partial charge in [-0.25, -0.2) is 29.5 Å². The third-order valence-corrected chi connectivity index (χ3v) is 5.06. The number of nitrogens with one attached hydrogen (secondary N) is 1. The number of rotatable bonds is 7. The lowest BCUT2D eigenvalue weighted by atomic mass is 10.1. The van der Waals surface area contributed by atoms with Gasteiger partial charge in [0.1, 0.15) is 18.8 Å². The average molecular weight is 488 g/mol. The summed E-state index contributed by atoms with van der Waals surface area (Å²) in [6, 6.07) is 8.55. The van der Waals surface area contributed by atoms with Gasteiger partial charge in [0.05, 0.1) is 5.56 Å². The molecule has 0 aliphatic carbocycles.